The second kappa shape index (κ2) is 11.2. The number of halogens is 1. The lowest BCUT2D eigenvalue weighted by Crippen LogP contribution is -2.31. The van der Waals surface area contributed by atoms with Gasteiger partial charge in [-0.1, -0.05) is 35.6 Å². The zero-order valence-electron chi connectivity index (χ0n) is 12.8. The van der Waals surface area contributed by atoms with Crippen molar-refractivity contribution in [3.63, 3.8) is 0 Å². The van der Waals surface area contributed by atoms with Crippen molar-refractivity contribution in [2.75, 3.05) is 31.1 Å². The molecule has 7 heteroatoms. The van der Waals surface area contributed by atoms with Crippen LogP contribution in [0.3, 0.4) is 0 Å². The lowest BCUT2D eigenvalue weighted by atomic mass is 10.4. The molecule has 0 aromatic heterocycles. The number of benzene rings is 1. The highest BCUT2D eigenvalue weighted by Crippen LogP contribution is 2.19. The first-order chi connectivity index (χ1) is 10.6. The number of nitrogens with zero attached hydrogens (tertiary/aromatic N) is 1. The van der Waals surface area contributed by atoms with Crippen LogP contribution in [0.15, 0.2) is 29.2 Å². The first-order valence-corrected chi connectivity index (χ1v) is 9.89. The Morgan fingerprint density at radius 1 is 1.27 bits per heavy atom. The predicted octanol–water partition coefficient (Wildman–Crippen LogP) is 3.91. The van der Waals surface area contributed by atoms with Crippen molar-refractivity contribution in [2.45, 2.75) is 18.7 Å². The lowest BCUT2D eigenvalue weighted by molar-refractivity contribution is -0.118. The highest BCUT2D eigenvalue weighted by Gasteiger charge is 2.08. The molecule has 0 fully saturated rings. The normalized spacial score (nSPS) is 10.3. The lowest BCUT2D eigenvalue weighted by Gasteiger charge is -2.20. The molecule has 1 aromatic carbocycles. The van der Waals surface area contributed by atoms with Crippen LogP contribution < -0.4 is 5.32 Å². The molecule has 0 heterocycles. The summed E-state index contributed by atoms with van der Waals surface area (Å²) in [5.41, 5.74) is 0. The molecule has 22 heavy (non-hydrogen) atoms. The minimum Gasteiger partial charge on any atom is -0.358 e. The summed E-state index contributed by atoms with van der Waals surface area (Å²) in [6.07, 6.45) is 0. The summed E-state index contributed by atoms with van der Waals surface area (Å²) in [5.74, 6) is 1.23. The van der Waals surface area contributed by atoms with E-state index in [9.17, 15) is 4.79 Å². The zero-order chi connectivity index (χ0) is 16.4. The smallest absolute Gasteiger partial charge is 0.230 e. The Hall–Kier alpha value is -0.430. The number of carbonyl (C=O) groups excluding carboxylic acids is 1. The second-order valence-corrected chi connectivity index (χ2v) is 7.59. The van der Waals surface area contributed by atoms with E-state index < -0.39 is 0 Å². The molecule has 1 rings (SSSR count). The number of hydrogen-bond donors (Lipinski definition) is 1. The van der Waals surface area contributed by atoms with Crippen LogP contribution in [-0.4, -0.2) is 46.3 Å². The van der Waals surface area contributed by atoms with E-state index in [-0.39, 0.29) is 5.91 Å². The van der Waals surface area contributed by atoms with Gasteiger partial charge in [0.15, 0.2) is 0 Å². The number of thioether (sulfide) groups is 2. The molecule has 0 aliphatic carbocycles. The minimum atomic E-state index is 0.0243. The first kappa shape index (κ1) is 19.6. The van der Waals surface area contributed by atoms with Crippen molar-refractivity contribution < 1.29 is 4.79 Å². The molecule has 3 nitrogen and oxygen atoms in total. The van der Waals surface area contributed by atoms with E-state index in [0.717, 1.165) is 33.1 Å². The topological polar surface area (TPSA) is 32.3 Å². The summed E-state index contributed by atoms with van der Waals surface area (Å²) in [5, 5.41) is 3.64. The Labute approximate surface area is 151 Å². The molecule has 0 atom stereocenters. The van der Waals surface area contributed by atoms with Crippen molar-refractivity contribution in [3.05, 3.63) is 29.3 Å². The van der Waals surface area contributed by atoms with Gasteiger partial charge in [0.05, 0.1) is 5.75 Å². The molecule has 1 amide bonds. The van der Waals surface area contributed by atoms with E-state index in [2.05, 4.69) is 24.1 Å². The highest BCUT2D eigenvalue weighted by molar-refractivity contribution is 8.23. The molecule has 0 aliphatic heterocycles. The fourth-order valence-electron chi connectivity index (χ4n) is 1.64. The molecule has 1 N–H and O–H groups in total. The molecule has 0 saturated heterocycles. The molecule has 0 radical (unpaired) electrons. The van der Waals surface area contributed by atoms with Crippen LogP contribution in [0.25, 0.3) is 0 Å². The number of nitrogens with one attached hydrogen (secondary N) is 1. The summed E-state index contributed by atoms with van der Waals surface area (Å²) in [6.45, 7) is 6.52. The van der Waals surface area contributed by atoms with Gasteiger partial charge >= 0.3 is 0 Å². The molecular weight excluding hydrogens is 356 g/mol. The van der Waals surface area contributed by atoms with E-state index in [0.29, 0.717) is 12.3 Å². The Morgan fingerprint density at radius 3 is 2.50 bits per heavy atom. The van der Waals surface area contributed by atoms with Crippen molar-refractivity contribution in [1.82, 2.24) is 10.2 Å². The number of hydrogen-bond acceptors (Lipinski definition) is 4. The minimum absolute atomic E-state index is 0.0243. The molecule has 1 aromatic rings. The van der Waals surface area contributed by atoms with Crippen LogP contribution in [0.5, 0.6) is 0 Å². The van der Waals surface area contributed by atoms with Gasteiger partial charge in [-0.25, -0.2) is 0 Å². The van der Waals surface area contributed by atoms with Crippen molar-refractivity contribution in [2.24, 2.45) is 0 Å². The Balaban J connectivity index is 2.15. The molecule has 122 valence electrons. The van der Waals surface area contributed by atoms with Crippen LogP contribution in [-0.2, 0) is 4.79 Å². The average molecular weight is 377 g/mol. The van der Waals surface area contributed by atoms with Gasteiger partial charge in [-0.05, 0) is 38.1 Å². The number of rotatable bonds is 8. The van der Waals surface area contributed by atoms with Gasteiger partial charge in [-0.3, -0.25) is 4.79 Å². The summed E-state index contributed by atoms with van der Waals surface area (Å²) >= 11 is 14.2. The number of amides is 1. The molecule has 0 spiro atoms. The van der Waals surface area contributed by atoms with E-state index >= 15 is 0 Å². The summed E-state index contributed by atoms with van der Waals surface area (Å²) in [7, 11) is 0. The third kappa shape index (κ3) is 7.72. The quantitative estimate of drug-likeness (QED) is 0.422. The fraction of sp³-hybridized carbons (Fsp3) is 0.467. The van der Waals surface area contributed by atoms with E-state index in [1.165, 1.54) is 11.8 Å². The van der Waals surface area contributed by atoms with Gasteiger partial charge in [0.2, 0.25) is 5.91 Å². The summed E-state index contributed by atoms with van der Waals surface area (Å²) in [6, 6.07) is 7.70. The van der Waals surface area contributed by atoms with Gasteiger partial charge in [0, 0.05) is 35.3 Å². The largest absolute Gasteiger partial charge is 0.358 e. The average Bonchev–Trinajstić information content (AvgIpc) is 2.52. The Bertz CT molecular complexity index is 478. The summed E-state index contributed by atoms with van der Waals surface area (Å²) in [4.78, 5) is 15.0. The SMILES string of the molecule is CCN(CC)C(=S)SCC(=O)NCCSc1ccc(Cl)cc1. The first-order valence-electron chi connectivity index (χ1n) is 7.13. The van der Waals surface area contributed by atoms with E-state index in [1.807, 2.05) is 24.3 Å². The molecule has 0 saturated carbocycles. The Morgan fingerprint density at radius 2 is 1.91 bits per heavy atom. The van der Waals surface area contributed by atoms with Gasteiger partial charge in [-0.15, -0.1) is 11.8 Å². The van der Waals surface area contributed by atoms with E-state index in [1.54, 1.807) is 11.8 Å². The Kier molecular flexibility index (Phi) is 9.95. The zero-order valence-corrected chi connectivity index (χ0v) is 16.0. The van der Waals surface area contributed by atoms with Crippen molar-refractivity contribution in [1.29, 1.82) is 0 Å². The van der Waals surface area contributed by atoms with Gasteiger partial charge in [0.25, 0.3) is 0 Å². The maximum absolute atomic E-state index is 11.8. The van der Waals surface area contributed by atoms with Gasteiger partial charge in [-0.2, -0.15) is 0 Å². The van der Waals surface area contributed by atoms with Crippen molar-refractivity contribution >= 4 is 57.6 Å². The maximum Gasteiger partial charge on any atom is 0.230 e. The van der Waals surface area contributed by atoms with Crippen LogP contribution in [0.2, 0.25) is 5.02 Å². The molecular formula is C15H21ClN2OS3. The fourth-order valence-corrected chi connectivity index (χ4v) is 3.77. The highest BCUT2D eigenvalue weighted by atomic mass is 35.5. The third-order valence-electron chi connectivity index (χ3n) is 2.85. The maximum atomic E-state index is 11.8. The van der Waals surface area contributed by atoms with Gasteiger partial charge in [0.1, 0.15) is 4.32 Å². The standard InChI is InChI=1S/C15H21ClN2OS3/c1-3-18(4-2)15(20)22-11-14(19)17-9-10-21-13-7-5-12(16)6-8-13/h5-8H,3-4,9-11H2,1-2H3,(H,17,19). The second-order valence-electron chi connectivity index (χ2n) is 4.38. The predicted molar refractivity (Wildman–Crippen MR) is 103 cm³/mol. The van der Waals surface area contributed by atoms with Crippen LogP contribution in [0.4, 0.5) is 0 Å². The monoisotopic (exact) mass is 376 g/mol. The van der Waals surface area contributed by atoms with E-state index in [4.69, 9.17) is 23.8 Å². The van der Waals surface area contributed by atoms with Gasteiger partial charge < -0.3 is 10.2 Å². The van der Waals surface area contributed by atoms with Crippen LogP contribution >= 0.6 is 47.3 Å². The summed E-state index contributed by atoms with van der Waals surface area (Å²) < 4.78 is 0.788. The third-order valence-corrected chi connectivity index (χ3v) is 5.64. The molecule has 0 aliphatic rings. The van der Waals surface area contributed by atoms with Crippen LogP contribution in [0.1, 0.15) is 13.8 Å². The number of carbonyl (C=O) groups is 1. The number of thiocarbonyl (C=S) groups is 1. The van der Waals surface area contributed by atoms with Crippen LogP contribution in [0, 0.1) is 0 Å². The molecule has 0 bridgehead atoms. The van der Waals surface area contributed by atoms with Crippen molar-refractivity contribution in [3.8, 4) is 0 Å². The molecule has 0 unspecified atom stereocenters.